The maximum absolute atomic E-state index is 8.70. The lowest BCUT2D eigenvalue weighted by atomic mass is 10.2. The van der Waals surface area contributed by atoms with Crippen molar-refractivity contribution in [1.29, 1.82) is 0 Å². The van der Waals surface area contributed by atoms with E-state index < -0.39 is 0 Å². The van der Waals surface area contributed by atoms with Gasteiger partial charge in [0, 0.05) is 25.2 Å². The number of hydrogen-bond acceptors (Lipinski definition) is 4. The molecule has 0 saturated heterocycles. The van der Waals surface area contributed by atoms with Gasteiger partial charge in [0.25, 0.3) is 0 Å². The van der Waals surface area contributed by atoms with Crippen LogP contribution in [0.15, 0.2) is 30.9 Å². The van der Waals surface area contributed by atoms with Gasteiger partial charge in [-0.2, -0.15) is 5.10 Å². The first-order valence-corrected chi connectivity index (χ1v) is 4.82. The third-order valence-electron chi connectivity index (χ3n) is 2.02. The van der Waals surface area contributed by atoms with Crippen molar-refractivity contribution >= 4 is 0 Å². The smallest absolute Gasteiger partial charge is 0.250 e. The number of hydrogen-bond donors (Lipinski definition) is 1. The van der Waals surface area contributed by atoms with Crippen molar-refractivity contribution in [3.05, 3.63) is 36.4 Å². The van der Waals surface area contributed by atoms with Crippen LogP contribution in [0.5, 0.6) is 0 Å². The van der Waals surface area contributed by atoms with E-state index in [1.54, 1.807) is 29.3 Å². The van der Waals surface area contributed by atoms with E-state index in [0.29, 0.717) is 5.95 Å². The Balaban J connectivity index is 2.14. The van der Waals surface area contributed by atoms with Crippen LogP contribution in [0.4, 0.5) is 0 Å². The normalized spacial score (nSPS) is 10.5. The summed E-state index contributed by atoms with van der Waals surface area (Å²) in [4.78, 5) is 8.17. The van der Waals surface area contributed by atoms with Crippen LogP contribution in [0.2, 0.25) is 0 Å². The molecule has 2 heterocycles. The first kappa shape index (κ1) is 9.79. The van der Waals surface area contributed by atoms with Gasteiger partial charge >= 0.3 is 0 Å². The molecule has 78 valence electrons. The lowest BCUT2D eigenvalue weighted by molar-refractivity contribution is 0.288. The Morgan fingerprint density at radius 1 is 1.27 bits per heavy atom. The highest BCUT2D eigenvalue weighted by molar-refractivity contribution is 5.13. The molecule has 2 aromatic heterocycles. The fourth-order valence-corrected chi connectivity index (χ4v) is 1.29. The molecule has 0 aliphatic heterocycles. The van der Waals surface area contributed by atoms with Crippen LogP contribution in [0.3, 0.4) is 0 Å². The molecule has 0 bridgehead atoms. The summed E-state index contributed by atoms with van der Waals surface area (Å²) in [5.74, 6) is 0.563. The minimum atomic E-state index is 0.201. The minimum Gasteiger partial charge on any atom is -0.396 e. The van der Waals surface area contributed by atoms with Gasteiger partial charge in [0.1, 0.15) is 0 Å². The molecule has 0 aliphatic carbocycles. The number of aromatic nitrogens is 4. The van der Waals surface area contributed by atoms with Crippen LogP contribution < -0.4 is 0 Å². The highest BCUT2D eigenvalue weighted by atomic mass is 16.2. The molecule has 0 fully saturated rings. The van der Waals surface area contributed by atoms with Crippen molar-refractivity contribution in [3.8, 4) is 5.95 Å². The van der Waals surface area contributed by atoms with Crippen LogP contribution in [-0.2, 0) is 6.42 Å². The largest absolute Gasteiger partial charge is 0.396 e. The van der Waals surface area contributed by atoms with Crippen LogP contribution in [0, 0.1) is 0 Å². The molecular formula is C10H12N4O. The van der Waals surface area contributed by atoms with Crippen LogP contribution in [-0.4, -0.2) is 31.5 Å². The molecule has 0 aliphatic rings. The zero-order chi connectivity index (χ0) is 10.5. The predicted molar refractivity (Wildman–Crippen MR) is 54.6 cm³/mol. The molecule has 5 heteroatoms. The monoisotopic (exact) mass is 204 g/mol. The Morgan fingerprint density at radius 2 is 2.07 bits per heavy atom. The summed E-state index contributed by atoms with van der Waals surface area (Å²) in [6.45, 7) is 0.201. The Labute approximate surface area is 87.4 Å². The summed E-state index contributed by atoms with van der Waals surface area (Å²) in [5, 5.41) is 12.8. The highest BCUT2D eigenvalue weighted by Crippen LogP contribution is 2.04. The summed E-state index contributed by atoms with van der Waals surface area (Å²) in [7, 11) is 0. The van der Waals surface area contributed by atoms with E-state index in [1.807, 2.05) is 6.20 Å². The van der Waals surface area contributed by atoms with E-state index in [0.717, 1.165) is 18.4 Å². The van der Waals surface area contributed by atoms with E-state index in [9.17, 15) is 0 Å². The molecule has 2 aromatic rings. The van der Waals surface area contributed by atoms with E-state index in [1.165, 1.54) is 0 Å². The number of aliphatic hydroxyl groups is 1. The SMILES string of the molecule is OCCCc1cnn(-c2ncccn2)c1. The molecule has 2 rings (SSSR count). The molecule has 5 nitrogen and oxygen atoms in total. The zero-order valence-corrected chi connectivity index (χ0v) is 8.24. The molecule has 0 amide bonds. The number of rotatable bonds is 4. The summed E-state index contributed by atoms with van der Waals surface area (Å²) >= 11 is 0. The summed E-state index contributed by atoms with van der Waals surface area (Å²) in [6, 6.07) is 1.76. The second-order valence-corrected chi connectivity index (χ2v) is 3.17. The summed E-state index contributed by atoms with van der Waals surface area (Å²) in [5.41, 5.74) is 1.08. The molecule has 0 atom stereocenters. The maximum atomic E-state index is 8.70. The zero-order valence-electron chi connectivity index (χ0n) is 8.24. The van der Waals surface area contributed by atoms with Crippen molar-refractivity contribution in [1.82, 2.24) is 19.7 Å². The fraction of sp³-hybridized carbons (Fsp3) is 0.300. The van der Waals surface area contributed by atoms with Gasteiger partial charge in [-0.25, -0.2) is 14.6 Å². The van der Waals surface area contributed by atoms with Crippen LogP contribution in [0.1, 0.15) is 12.0 Å². The van der Waals surface area contributed by atoms with E-state index >= 15 is 0 Å². The quantitative estimate of drug-likeness (QED) is 0.791. The topological polar surface area (TPSA) is 63.8 Å². The number of aryl methyl sites for hydroxylation is 1. The van der Waals surface area contributed by atoms with Gasteiger partial charge in [0.2, 0.25) is 5.95 Å². The van der Waals surface area contributed by atoms with E-state index in [-0.39, 0.29) is 6.61 Å². The standard InChI is InChI=1S/C10H12N4O/c15-6-1-3-9-7-13-14(8-9)10-11-4-2-5-12-10/h2,4-5,7-8,15H,1,3,6H2. The molecule has 0 unspecified atom stereocenters. The number of nitrogens with zero attached hydrogens (tertiary/aromatic N) is 4. The molecular weight excluding hydrogens is 192 g/mol. The van der Waals surface area contributed by atoms with Gasteiger partial charge in [0.15, 0.2) is 0 Å². The minimum absolute atomic E-state index is 0.201. The lowest BCUT2D eigenvalue weighted by Crippen LogP contribution is -1.99. The highest BCUT2D eigenvalue weighted by Gasteiger charge is 2.01. The third-order valence-corrected chi connectivity index (χ3v) is 2.02. The van der Waals surface area contributed by atoms with Crippen molar-refractivity contribution in [2.45, 2.75) is 12.8 Å². The molecule has 0 aromatic carbocycles. The van der Waals surface area contributed by atoms with Gasteiger partial charge < -0.3 is 5.11 Å². The molecule has 0 radical (unpaired) electrons. The van der Waals surface area contributed by atoms with Gasteiger partial charge in [-0.3, -0.25) is 0 Å². The Morgan fingerprint density at radius 3 is 2.80 bits per heavy atom. The van der Waals surface area contributed by atoms with Crippen LogP contribution in [0.25, 0.3) is 5.95 Å². The van der Waals surface area contributed by atoms with Crippen molar-refractivity contribution < 1.29 is 5.11 Å². The average molecular weight is 204 g/mol. The summed E-state index contributed by atoms with van der Waals surface area (Å²) < 4.78 is 1.63. The number of aliphatic hydroxyl groups excluding tert-OH is 1. The molecule has 15 heavy (non-hydrogen) atoms. The van der Waals surface area contributed by atoms with Gasteiger partial charge in [-0.15, -0.1) is 0 Å². The third kappa shape index (κ3) is 2.38. The van der Waals surface area contributed by atoms with Gasteiger partial charge in [-0.05, 0) is 24.5 Å². The Kier molecular flexibility index (Phi) is 3.04. The van der Waals surface area contributed by atoms with Crippen LogP contribution >= 0.6 is 0 Å². The lowest BCUT2D eigenvalue weighted by Gasteiger charge is -1.96. The second kappa shape index (κ2) is 4.65. The fourth-order valence-electron chi connectivity index (χ4n) is 1.29. The molecule has 0 saturated carbocycles. The summed E-state index contributed by atoms with van der Waals surface area (Å²) in [6.07, 6.45) is 8.58. The molecule has 0 spiro atoms. The van der Waals surface area contributed by atoms with Crippen molar-refractivity contribution in [2.75, 3.05) is 6.61 Å². The van der Waals surface area contributed by atoms with Crippen molar-refractivity contribution in [3.63, 3.8) is 0 Å². The van der Waals surface area contributed by atoms with E-state index in [4.69, 9.17) is 5.11 Å². The van der Waals surface area contributed by atoms with E-state index in [2.05, 4.69) is 15.1 Å². The first-order valence-electron chi connectivity index (χ1n) is 4.82. The Hall–Kier alpha value is -1.75. The predicted octanol–water partition coefficient (Wildman–Crippen LogP) is 0.587. The second-order valence-electron chi connectivity index (χ2n) is 3.17. The van der Waals surface area contributed by atoms with Crippen molar-refractivity contribution in [2.24, 2.45) is 0 Å². The first-order chi connectivity index (χ1) is 7.40. The average Bonchev–Trinajstić information content (AvgIpc) is 2.76. The van der Waals surface area contributed by atoms with Gasteiger partial charge in [0.05, 0.1) is 6.20 Å². The Bertz CT molecular complexity index is 412. The van der Waals surface area contributed by atoms with Gasteiger partial charge in [-0.1, -0.05) is 0 Å². The maximum Gasteiger partial charge on any atom is 0.250 e. The molecule has 1 N–H and O–H groups in total.